The van der Waals surface area contributed by atoms with Crippen LogP contribution < -0.4 is 18.1 Å². The Hall–Kier alpha value is 0.500. The Kier molecular flexibility index (Phi) is 7.45. The van der Waals surface area contributed by atoms with Gasteiger partial charge in [0.2, 0.25) is 0 Å². The first kappa shape index (κ1) is 16.9. The third kappa shape index (κ3) is 6.07. The first-order valence-electron chi connectivity index (χ1n) is 5.04. The minimum atomic E-state index is 0. The van der Waals surface area contributed by atoms with Gasteiger partial charge in [-0.3, -0.25) is 0 Å². The zero-order chi connectivity index (χ0) is 9.24. The van der Waals surface area contributed by atoms with Gasteiger partial charge in [0.15, 0.2) is 0 Å². The van der Waals surface area contributed by atoms with Gasteiger partial charge in [-0.25, -0.2) is 0 Å². The molecule has 0 atom stereocenters. The SMILES string of the molecule is CC(C)(N)CC[N+]1(C)CCCC1.Cl.[Cl-]. The van der Waals surface area contributed by atoms with Gasteiger partial charge >= 0.3 is 0 Å². The third-order valence-corrected chi connectivity index (χ3v) is 2.94. The van der Waals surface area contributed by atoms with Gasteiger partial charge < -0.3 is 22.6 Å². The van der Waals surface area contributed by atoms with Crippen LogP contribution in [-0.2, 0) is 0 Å². The van der Waals surface area contributed by atoms with Crippen molar-refractivity contribution in [2.45, 2.75) is 38.6 Å². The first-order chi connectivity index (χ1) is 5.41. The normalized spacial score (nSPS) is 19.7. The maximum absolute atomic E-state index is 5.96. The largest absolute Gasteiger partial charge is 1.00 e. The summed E-state index contributed by atoms with van der Waals surface area (Å²) in [4.78, 5) is 0. The Balaban J connectivity index is 0. The van der Waals surface area contributed by atoms with Crippen molar-refractivity contribution in [2.75, 3.05) is 26.7 Å². The van der Waals surface area contributed by atoms with E-state index < -0.39 is 0 Å². The number of rotatable bonds is 3. The molecule has 88 valence electrons. The molecule has 0 saturated carbocycles. The van der Waals surface area contributed by atoms with Crippen molar-refractivity contribution in [1.82, 2.24) is 0 Å². The van der Waals surface area contributed by atoms with Crippen LogP contribution in [0.15, 0.2) is 0 Å². The zero-order valence-corrected chi connectivity index (χ0v) is 11.1. The van der Waals surface area contributed by atoms with Gasteiger partial charge in [-0.2, -0.15) is 0 Å². The highest BCUT2D eigenvalue weighted by Gasteiger charge is 2.28. The number of nitrogens with zero attached hydrogens (tertiary/aromatic N) is 1. The fourth-order valence-electron chi connectivity index (χ4n) is 1.88. The van der Waals surface area contributed by atoms with Gasteiger partial charge in [-0.1, -0.05) is 0 Å². The van der Waals surface area contributed by atoms with E-state index in [1.165, 1.54) is 37.0 Å². The summed E-state index contributed by atoms with van der Waals surface area (Å²) in [5.74, 6) is 0. The lowest BCUT2D eigenvalue weighted by atomic mass is 10.0. The predicted octanol–water partition coefficient (Wildman–Crippen LogP) is -1.22. The first-order valence-corrected chi connectivity index (χ1v) is 5.04. The van der Waals surface area contributed by atoms with Gasteiger partial charge in [-0.15, -0.1) is 12.4 Å². The summed E-state index contributed by atoms with van der Waals surface area (Å²) in [6.45, 7) is 8.21. The topological polar surface area (TPSA) is 26.0 Å². The molecular weight excluding hydrogens is 219 g/mol. The lowest BCUT2D eigenvalue weighted by Gasteiger charge is -2.32. The fraction of sp³-hybridized carbons (Fsp3) is 1.00. The van der Waals surface area contributed by atoms with Crippen molar-refractivity contribution in [3.8, 4) is 0 Å². The second-order valence-electron chi connectivity index (χ2n) is 5.24. The summed E-state index contributed by atoms with van der Waals surface area (Å²) >= 11 is 0. The van der Waals surface area contributed by atoms with E-state index in [1.54, 1.807) is 0 Å². The van der Waals surface area contributed by atoms with Crippen molar-refractivity contribution in [3.05, 3.63) is 0 Å². The molecule has 0 spiro atoms. The van der Waals surface area contributed by atoms with E-state index in [0.717, 1.165) is 6.42 Å². The highest BCUT2D eigenvalue weighted by molar-refractivity contribution is 5.85. The van der Waals surface area contributed by atoms with E-state index in [-0.39, 0.29) is 30.4 Å². The van der Waals surface area contributed by atoms with E-state index in [2.05, 4.69) is 20.9 Å². The minimum Gasteiger partial charge on any atom is -1.00 e. The Morgan fingerprint density at radius 1 is 1.21 bits per heavy atom. The number of likely N-dealkylation sites (tertiary alicyclic amines) is 1. The summed E-state index contributed by atoms with van der Waals surface area (Å²) in [6.07, 6.45) is 3.95. The average molecular weight is 243 g/mol. The number of nitrogens with two attached hydrogens (primary N) is 1. The highest BCUT2D eigenvalue weighted by atomic mass is 35.5. The van der Waals surface area contributed by atoms with E-state index in [4.69, 9.17) is 5.73 Å². The lowest BCUT2D eigenvalue weighted by molar-refractivity contribution is -0.898. The van der Waals surface area contributed by atoms with Gasteiger partial charge in [0, 0.05) is 24.8 Å². The lowest BCUT2D eigenvalue weighted by Crippen LogP contribution is -3.00. The van der Waals surface area contributed by atoms with Crippen LogP contribution in [0, 0.1) is 0 Å². The van der Waals surface area contributed by atoms with Gasteiger partial charge in [0.1, 0.15) is 0 Å². The Labute approximate surface area is 101 Å². The molecule has 14 heavy (non-hydrogen) atoms. The molecule has 1 aliphatic heterocycles. The van der Waals surface area contributed by atoms with Crippen molar-refractivity contribution in [2.24, 2.45) is 5.73 Å². The van der Waals surface area contributed by atoms with Crippen LogP contribution in [0.4, 0.5) is 0 Å². The van der Waals surface area contributed by atoms with Crippen molar-refractivity contribution >= 4 is 12.4 Å². The van der Waals surface area contributed by atoms with E-state index >= 15 is 0 Å². The molecule has 1 fully saturated rings. The molecule has 0 aromatic carbocycles. The molecule has 4 heteroatoms. The molecule has 1 heterocycles. The predicted molar refractivity (Wildman–Crippen MR) is 60.2 cm³/mol. The molecule has 0 unspecified atom stereocenters. The second-order valence-corrected chi connectivity index (χ2v) is 5.24. The van der Waals surface area contributed by atoms with Crippen LogP contribution in [0.3, 0.4) is 0 Å². The van der Waals surface area contributed by atoms with E-state index in [0.29, 0.717) is 0 Å². The van der Waals surface area contributed by atoms with Crippen molar-refractivity contribution < 1.29 is 16.9 Å². The van der Waals surface area contributed by atoms with Gasteiger partial charge in [0.25, 0.3) is 0 Å². The smallest absolute Gasteiger partial charge is 0.0802 e. The minimum absolute atomic E-state index is 0. The molecule has 1 saturated heterocycles. The van der Waals surface area contributed by atoms with Crippen LogP contribution in [0.5, 0.6) is 0 Å². The fourth-order valence-corrected chi connectivity index (χ4v) is 1.88. The molecule has 0 amide bonds. The van der Waals surface area contributed by atoms with E-state index in [9.17, 15) is 0 Å². The third-order valence-electron chi connectivity index (χ3n) is 2.94. The molecule has 0 aliphatic carbocycles. The maximum atomic E-state index is 5.96. The highest BCUT2D eigenvalue weighted by Crippen LogP contribution is 2.18. The van der Waals surface area contributed by atoms with Gasteiger partial charge in [0.05, 0.1) is 26.7 Å². The standard InChI is InChI=1S/C10H23N2.2ClH/c1-10(2,11)6-9-12(3)7-4-5-8-12;;/h4-9,11H2,1-3H3;2*1H/q+1;;/p-1. The Morgan fingerprint density at radius 3 is 2.00 bits per heavy atom. The van der Waals surface area contributed by atoms with E-state index in [1.807, 2.05) is 0 Å². The molecule has 0 bridgehead atoms. The van der Waals surface area contributed by atoms with Gasteiger partial charge in [-0.05, 0) is 13.8 Å². The molecule has 2 nitrogen and oxygen atoms in total. The van der Waals surface area contributed by atoms with Crippen LogP contribution in [0.25, 0.3) is 0 Å². The Morgan fingerprint density at radius 2 is 1.64 bits per heavy atom. The number of hydrogen-bond donors (Lipinski definition) is 1. The van der Waals surface area contributed by atoms with Crippen LogP contribution >= 0.6 is 12.4 Å². The molecule has 2 N–H and O–H groups in total. The maximum Gasteiger partial charge on any atom is 0.0802 e. The average Bonchev–Trinajstić information content (AvgIpc) is 2.32. The summed E-state index contributed by atoms with van der Waals surface area (Å²) in [7, 11) is 2.36. The molecule has 0 aromatic rings. The molecule has 1 aliphatic rings. The zero-order valence-electron chi connectivity index (χ0n) is 9.55. The molecule has 0 aromatic heterocycles. The monoisotopic (exact) mass is 242 g/mol. The van der Waals surface area contributed by atoms with Crippen LogP contribution in [0.2, 0.25) is 0 Å². The van der Waals surface area contributed by atoms with Crippen LogP contribution in [-0.4, -0.2) is 36.7 Å². The number of halogens is 2. The number of quaternary nitrogens is 1. The molecule has 0 radical (unpaired) electrons. The Bertz CT molecular complexity index is 149. The second kappa shape index (κ2) is 6.16. The molecular formula is C10H24Cl2N2. The summed E-state index contributed by atoms with van der Waals surface area (Å²) in [6, 6.07) is 0. The van der Waals surface area contributed by atoms with Crippen molar-refractivity contribution in [1.29, 1.82) is 0 Å². The molecule has 1 rings (SSSR count). The summed E-state index contributed by atoms with van der Waals surface area (Å²) < 4.78 is 1.25. The van der Waals surface area contributed by atoms with Crippen molar-refractivity contribution in [3.63, 3.8) is 0 Å². The summed E-state index contributed by atoms with van der Waals surface area (Å²) in [5, 5.41) is 0. The summed E-state index contributed by atoms with van der Waals surface area (Å²) in [5.41, 5.74) is 5.98. The van der Waals surface area contributed by atoms with Crippen LogP contribution in [0.1, 0.15) is 33.1 Å². The quantitative estimate of drug-likeness (QED) is 0.618. The number of hydrogen-bond acceptors (Lipinski definition) is 1.